The maximum atomic E-state index is 12.6. The van der Waals surface area contributed by atoms with Gasteiger partial charge in [0.2, 0.25) is 0 Å². The molecule has 2 aromatic carbocycles. The van der Waals surface area contributed by atoms with Crippen molar-refractivity contribution in [1.82, 2.24) is 10.3 Å². The molecule has 0 atom stereocenters. The predicted octanol–water partition coefficient (Wildman–Crippen LogP) is 4.19. The number of aromatic nitrogens is 1. The number of anilines is 1. The molecule has 3 aromatic rings. The molecule has 0 spiro atoms. The lowest BCUT2D eigenvalue weighted by atomic mass is 10.1. The lowest BCUT2D eigenvalue weighted by molar-refractivity contribution is 0.0946. The van der Waals surface area contributed by atoms with E-state index in [9.17, 15) is 9.59 Å². The first-order valence-electron chi connectivity index (χ1n) is 9.11. The largest absolute Gasteiger partial charge is 0.347 e. The van der Waals surface area contributed by atoms with Crippen LogP contribution in [0.4, 0.5) is 5.69 Å². The van der Waals surface area contributed by atoms with Gasteiger partial charge >= 0.3 is 0 Å². The van der Waals surface area contributed by atoms with E-state index >= 15 is 0 Å². The molecule has 0 bridgehead atoms. The van der Waals surface area contributed by atoms with Crippen molar-refractivity contribution in [3.63, 3.8) is 0 Å². The molecule has 0 aliphatic carbocycles. The number of carbonyl (C=O) groups excluding carboxylic acids is 2. The van der Waals surface area contributed by atoms with Gasteiger partial charge in [0, 0.05) is 24.0 Å². The Kier molecular flexibility index (Phi) is 5.84. The Balaban J connectivity index is 1.68. The minimum absolute atomic E-state index is 0.209. The summed E-state index contributed by atoms with van der Waals surface area (Å²) in [6.45, 7) is 6.32. The van der Waals surface area contributed by atoms with E-state index in [1.165, 1.54) is 17.8 Å². The van der Waals surface area contributed by atoms with Crippen molar-refractivity contribution in [1.29, 1.82) is 0 Å². The van der Waals surface area contributed by atoms with Crippen LogP contribution < -0.4 is 10.6 Å². The molecular weight excluding hydrogens is 350 g/mol. The molecule has 0 unspecified atom stereocenters. The van der Waals surface area contributed by atoms with E-state index in [2.05, 4.69) is 15.6 Å². The van der Waals surface area contributed by atoms with Crippen molar-refractivity contribution in [2.24, 2.45) is 0 Å². The molecular formula is C23H23N3O2. The van der Waals surface area contributed by atoms with Crippen LogP contribution in [0.2, 0.25) is 0 Å². The standard InChI is InChI=1S/C23H23N3O2/c1-15-5-8-18(9-6-15)14-25-23(28)21-13-19(10-11-24-21)22(27)26-20-12-16(2)4-7-17(20)3/h4-13H,14H2,1-3H3,(H,25,28)(H,26,27). The number of rotatable bonds is 5. The molecule has 1 heterocycles. The third-order valence-electron chi connectivity index (χ3n) is 4.47. The van der Waals surface area contributed by atoms with Crippen LogP contribution in [0.1, 0.15) is 43.1 Å². The Morgan fingerprint density at radius 1 is 0.857 bits per heavy atom. The van der Waals surface area contributed by atoms with Crippen LogP contribution >= 0.6 is 0 Å². The Labute approximate surface area is 164 Å². The highest BCUT2D eigenvalue weighted by molar-refractivity contribution is 6.06. The van der Waals surface area contributed by atoms with Gasteiger partial charge in [0.15, 0.2) is 0 Å². The van der Waals surface area contributed by atoms with Crippen LogP contribution in [0.3, 0.4) is 0 Å². The van der Waals surface area contributed by atoms with E-state index in [1.54, 1.807) is 6.07 Å². The van der Waals surface area contributed by atoms with Crippen LogP contribution in [0.25, 0.3) is 0 Å². The van der Waals surface area contributed by atoms with Gasteiger partial charge in [0.25, 0.3) is 11.8 Å². The number of aryl methyl sites for hydroxylation is 3. The molecule has 28 heavy (non-hydrogen) atoms. The zero-order valence-electron chi connectivity index (χ0n) is 16.2. The van der Waals surface area contributed by atoms with Crippen molar-refractivity contribution >= 4 is 17.5 Å². The molecule has 0 saturated heterocycles. The molecule has 0 aliphatic heterocycles. The van der Waals surface area contributed by atoms with E-state index in [0.717, 1.165) is 22.4 Å². The van der Waals surface area contributed by atoms with Crippen LogP contribution in [0, 0.1) is 20.8 Å². The quantitative estimate of drug-likeness (QED) is 0.704. The first-order chi connectivity index (χ1) is 13.4. The van der Waals surface area contributed by atoms with Crippen molar-refractivity contribution in [3.8, 4) is 0 Å². The van der Waals surface area contributed by atoms with Gasteiger partial charge in [-0.3, -0.25) is 14.6 Å². The topological polar surface area (TPSA) is 71.1 Å². The average Bonchev–Trinajstić information content (AvgIpc) is 2.70. The number of hydrogen-bond acceptors (Lipinski definition) is 3. The highest BCUT2D eigenvalue weighted by Crippen LogP contribution is 2.17. The zero-order valence-corrected chi connectivity index (χ0v) is 16.2. The normalized spacial score (nSPS) is 10.4. The lowest BCUT2D eigenvalue weighted by Crippen LogP contribution is -2.24. The molecule has 5 heteroatoms. The van der Waals surface area contributed by atoms with Crippen LogP contribution in [0.15, 0.2) is 60.8 Å². The van der Waals surface area contributed by atoms with Crippen molar-refractivity contribution in [3.05, 3.63) is 94.3 Å². The molecule has 2 N–H and O–H groups in total. The summed E-state index contributed by atoms with van der Waals surface area (Å²) < 4.78 is 0. The van der Waals surface area contributed by atoms with Gasteiger partial charge < -0.3 is 10.6 Å². The number of nitrogens with zero attached hydrogens (tertiary/aromatic N) is 1. The van der Waals surface area contributed by atoms with E-state index in [-0.39, 0.29) is 17.5 Å². The van der Waals surface area contributed by atoms with Gasteiger partial charge in [-0.05, 0) is 55.7 Å². The van der Waals surface area contributed by atoms with E-state index in [4.69, 9.17) is 0 Å². The maximum Gasteiger partial charge on any atom is 0.270 e. The minimum atomic E-state index is -0.318. The Hall–Kier alpha value is -3.47. The van der Waals surface area contributed by atoms with Crippen molar-refractivity contribution < 1.29 is 9.59 Å². The molecule has 0 saturated carbocycles. The monoisotopic (exact) mass is 373 g/mol. The van der Waals surface area contributed by atoms with Crippen molar-refractivity contribution in [2.75, 3.05) is 5.32 Å². The molecule has 0 aliphatic rings. The minimum Gasteiger partial charge on any atom is -0.347 e. The highest BCUT2D eigenvalue weighted by atomic mass is 16.2. The number of carbonyl (C=O) groups is 2. The average molecular weight is 373 g/mol. The van der Waals surface area contributed by atoms with E-state index in [1.807, 2.05) is 63.2 Å². The smallest absolute Gasteiger partial charge is 0.270 e. The summed E-state index contributed by atoms with van der Waals surface area (Å²) in [5, 5.41) is 5.73. The molecule has 0 fully saturated rings. The maximum absolute atomic E-state index is 12.6. The summed E-state index contributed by atoms with van der Waals surface area (Å²) in [5.41, 5.74) is 5.56. The first kappa shape index (κ1) is 19.3. The fourth-order valence-corrected chi connectivity index (χ4v) is 2.74. The Bertz CT molecular complexity index is 1010. The predicted molar refractivity (Wildman–Crippen MR) is 110 cm³/mol. The highest BCUT2D eigenvalue weighted by Gasteiger charge is 2.13. The number of benzene rings is 2. The Morgan fingerprint density at radius 3 is 2.32 bits per heavy atom. The summed E-state index contributed by atoms with van der Waals surface area (Å²) >= 11 is 0. The fourth-order valence-electron chi connectivity index (χ4n) is 2.74. The number of amides is 2. The third-order valence-corrected chi connectivity index (χ3v) is 4.47. The van der Waals surface area contributed by atoms with Crippen LogP contribution in [-0.2, 0) is 6.54 Å². The van der Waals surface area contributed by atoms with E-state index < -0.39 is 0 Å². The molecule has 5 nitrogen and oxygen atoms in total. The summed E-state index contributed by atoms with van der Waals surface area (Å²) in [7, 11) is 0. The molecule has 2 amide bonds. The Morgan fingerprint density at radius 2 is 1.57 bits per heavy atom. The second-order valence-electron chi connectivity index (χ2n) is 6.87. The van der Waals surface area contributed by atoms with Crippen LogP contribution in [0.5, 0.6) is 0 Å². The van der Waals surface area contributed by atoms with Gasteiger partial charge in [0.05, 0.1) is 0 Å². The second-order valence-corrected chi connectivity index (χ2v) is 6.87. The number of pyridine rings is 1. The summed E-state index contributed by atoms with van der Waals surface area (Å²) in [6, 6.07) is 16.9. The lowest BCUT2D eigenvalue weighted by Gasteiger charge is -2.10. The molecule has 3 rings (SSSR count). The number of hydrogen-bond donors (Lipinski definition) is 2. The zero-order chi connectivity index (χ0) is 20.1. The first-order valence-corrected chi connectivity index (χ1v) is 9.11. The number of nitrogens with one attached hydrogen (secondary N) is 2. The summed E-state index contributed by atoms with van der Waals surface area (Å²) in [6.07, 6.45) is 1.47. The third kappa shape index (κ3) is 4.82. The van der Waals surface area contributed by atoms with E-state index in [0.29, 0.717) is 12.1 Å². The van der Waals surface area contributed by atoms with Crippen LogP contribution in [-0.4, -0.2) is 16.8 Å². The van der Waals surface area contributed by atoms with Crippen molar-refractivity contribution in [2.45, 2.75) is 27.3 Å². The summed E-state index contributed by atoms with van der Waals surface area (Å²) in [5.74, 6) is -0.592. The van der Waals surface area contributed by atoms with Gasteiger partial charge in [0.1, 0.15) is 5.69 Å². The SMILES string of the molecule is Cc1ccc(CNC(=O)c2cc(C(=O)Nc3cc(C)ccc3C)ccn2)cc1. The van der Waals surface area contributed by atoms with Gasteiger partial charge in [-0.15, -0.1) is 0 Å². The summed E-state index contributed by atoms with van der Waals surface area (Å²) in [4.78, 5) is 29.1. The molecule has 142 valence electrons. The molecule has 0 radical (unpaired) electrons. The fraction of sp³-hybridized carbons (Fsp3) is 0.174. The van der Waals surface area contributed by atoms with Gasteiger partial charge in [-0.25, -0.2) is 0 Å². The van der Waals surface area contributed by atoms with Gasteiger partial charge in [-0.2, -0.15) is 0 Å². The molecule has 1 aromatic heterocycles. The van der Waals surface area contributed by atoms with Gasteiger partial charge in [-0.1, -0.05) is 42.0 Å². The second kappa shape index (κ2) is 8.48.